The summed E-state index contributed by atoms with van der Waals surface area (Å²) in [5, 5.41) is 3.23. The summed E-state index contributed by atoms with van der Waals surface area (Å²) in [6.07, 6.45) is 6.92. The normalized spacial score (nSPS) is 14.0. The van der Waals surface area contributed by atoms with E-state index >= 15 is 0 Å². The second kappa shape index (κ2) is 9.07. The summed E-state index contributed by atoms with van der Waals surface area (Å²) in [7, 11) is 0. The summed E-state index contributed by atoms with van der Waals surface area (Å²) in [5.74, 6) is 1.41. The number of nitrogens with zero attached hydrogens (tertiary/aromatic N) is 1. The van der Waals surface area contributed by atoms with E-state index in [2.05, 4.69) is 47.4 Å². The van der Waals surface area contributed by atoms with E-state index in [1.165, 1.54) is 40.5 Å². The molecule has 5 heteroatoms. The second-order valence-electron chi connectivity index (χ2n) is 8.96. The van der Waals surface area contributed by atoms with Gasteiger partial charge in [-0.1, -0.05) is 55.3 Å². The monoisotopic (exact) mass is 466 g/mol. The van der Waals surface area contributed by atoms with Gasteiger partial charge in [0.25, 0.3) is 5.56 Å². The molecule has 1 aliphatic rings. The van der Waals surface area contributed by atoms with E-state index in [-0.39, 0.29) is 5.56 Å². The molecule has 0 bridgehead atoms. The van der Waals surface area contributed by atoms with Gasteiger partial charge in [0.15, 0.2) is 0 Å². The molecule has 0 radical (unpaired) electrons. The SMILES string of the molecule is O=c1[nH]c(-c2ccc(OCc3cccc4ccccc34)cc2)nc2sc3c(c12)CCCCCC3. The smallest absolute Gasteiger partial charge is 0.260 e. The molecule has 0 saturated heterocycles. The molecular weight excluding hydrogens is 440 g/mol. The third-order valence-electron chi connectivity index (χ3n) is 6.73. The van der Waals surface area contributed by atoms with Gasteiger partial charge in [0.1, 0.15) is 23.0 Å². The lowest BCUT2D eigenvalue weighted by Crippen LogP contribution is -2.10. The van der Waals surface area contributed by atoms with E-state index in [0.29, 0.717) is 12.4 Å². The first-order valence-electron chi connectivity index (χ1n) is 12.0. The molecule has 2 aromatic heterocycles. The molecule has 4 nitrogen and oxygen atoms in total. The van der Waals surface area contributed by atoms with E-state index in [1.807, 2.05) is 24.3 Å². The van der Waals surface area contributed by atoms with Crippen LogP contribution in [0.25, 0.3) is 32.4 Å². The number of hydrogen-bond acceptors (Lipinski definition) is 4. The Labute approximate surface area is 202 Å². The van der Waals surface area contributed by atoms with Gasteiger partial charge in [-0.05, 0) is 71.8 Å². The van der Waals surface area contributed by atoms with Gasteiger partial charge in [-0.25, -0.2) is 4.98 Å². The molecule has 2 heterocycles. The van der Waals surface area contributed by atoms with Crippen LogP contribution in [0.4, 0.5) is 0 Å². The number of ether oxygens (including phenoxy) is 1. The maximum absolute atomic E-state index is 13.0. The molecule has 34 heavy (non-hydrogen) atoms. The van der Waals surface area contributed by atoms with Gasteiger partial charge < -0.3 is 9.72 Å². The zero-order valence-corrected chi connectivity index (χ0v) is 19.8. The molecule has 0 atom stereocenters. The Morgan fingerprint density at radius 3 is 2.56 bits per heavy atom. The minimum Gasteiger partial charge on any atom is -0.489 e. The summed E-state index contributed by atoms with van der Waals surface area (Å²) in [5.41, 5.74) is 3.26. The number of aryl methyl sites for hydroxylation is 2. The molecule has 170 valence electrons. The maximum atomic E-state index is 13.0. The Bertz CT molecular complexity index is 1530. The summed E-state index contributed by atoms with van der Waals surface area (Å²) >= 11 is 1.70. The minimum absolute atomic E-state index is 0.0191. The molecule has 3 aromatic carbocycles. The van der Waals surface area contributed by atoms with Crippen molar-refractivity contribution in [2.75, 3.05) is 0 Å². The first kappa shape index (κ1) is 21.1. The predicted octanol–water partition coefficient (Wildman–Crippen LogP) is 7.04. The maximum Gasteiger partial charge on any atom is 0.260 e. The van der Waals surface area contributed by atoms with Crippen molar-refractivity contribution in [3.05, 3.63) is 93.1 Å². The van der Waals surface area contributed by atoms with Gasteiger partial charge in [0.05, 0.1) is 5.39 Å². The fourth-order valence-corrected chi connectivity index (χ4v) is 6.20. The molecule has 0 amide bonds. The number of H-pyrrole nitrogens is 1. The van der Waals surface area contributed by atoms with Crippen molar-refractivity contribution < 1.29 is 4.74 Å². The van der Waals surface area contributed by atoms with E-state index in [9.17, 15) is 4.79 Å². The van der Waals surface area contributed by atoms with Crippen molar-refractivity contribution in [3.63, 3.8) is 0 Å². The predicted molar refractivity (Wildman–Crippen MR) is 140 cm³/mol. The molecule has 0 saturated carbocycles. The third-order valence-corrected chi connectivity index (χ3v) is 7.91. The van der Waals surface area contributed by atoms with E-state index in [4.69, 9.17) is 9.72 Å². The lowest BCUT2D eigenvalue weighted by Gasteiger charge is -2.10. The zero-order valence-electron chi connectivity index (χ0n) is 19.0. The number of nitrogens with one attached hydrogen (secondary N) is 1. The number of rotatable bonds is 4. The second-order valence-corrected chi connectivity index (χ2v) is 10.0. The number of aromatic amines is 1. The van der Waals surface area contributed by atoms with Crippen LogP contribution in [0.2, 0.25) is 0 Å². The lowest BCUT2D eigenvalue weighted by atomic mass is 9.98. The first-order chi connectivity index (χ1) is 16.8. The largest absolute Gasteiger partial charge is 0.489 e. The standard InChI is InChI=1S/C29H26N2O2S/c32-28-26-24-12-3-1-2-4-13-25(24)34-29(26)31-27(30-28)20-14-16-22(17-15-20)33-18-21-10-7-9-19-8-5-6-11-23(19)21/h5-11,14-17H,1-4,12-13,18H2,(H,30,31,32). The van der Waals surface area contributed by atoms with Crippen LogP contribution in [-0.4, -0.2) is 9.97 Å². The van der Waals surface area contributed by atoms with E-state index in [0.717, 1.165) is 46.4 Å². The average Bonchev–Trinajstić information content (AvgIpc) is 3.19. The van der Waals surface area contributed by atoms with Crippen molar-refractivity contribution in [3.8, 4) is 17.1 Å². The highest BCUT2D eigenvalue weighted by Gasteiger charge is 2.18. The van der Waals surface area contributed by atoms with Gasteiger partial charge in [0.2, 0.25) is 0 Å². The fourth-order valence-electron chi connectivity index (χ4n) is 4.94. The minimum atomic E-state index is -0.0191. The summed E-state index contributed by atoms with van der Waals surface area (Å²) in [6.45, 7) is 0.502. The number of thiophene rings is 1. The van der Waals surface area contributed by atoms with Crippen molar-refractivity contribution in [1.82, 2.24) is 9.97 Å². The van der Waals surface area contributed by atoms with Crippen LogP contribution in [0.3, 0.4) is 0 Å². The highest BCUT2D eigenvalue weighted by molar-refractivity contribution is 7.18. The number of benzene rings is 3. The van der Waals surface area contributed by atoms with Crippen LogP contribution in [0.15, 0.2) is 71.5 Å². The molecule has 0 spiro atoms. The molecule has 0 unspecified atom stereocenters. The Morgan fingerprint density at radius 1 is 0.882 bits per heavy atom. The number of hydrogen-bond donors (Lipinski definition) is 1. The van der Waals surface area contributed by atoms with E-state index in [1.54, 1.807) is 11.3 Å². The Morgan fingerprint density at radius 2 is 1.68 bits per heavy atom. The summed E-state index contributed by atoms with van der Waals surface area (Å²) in [6, 6.07) is 22.4. The van der Waals surface area contributed by atoms with Gasteiger partial charge in [-0.2, -0.15) is 0 Å². The Kier molecular flexibility index (Phi) is 5.63. The van der Waals surface area contributed by atoms with Crippen LogP contribution in [0.5, 0.6) is 5.75 Å². The summed E-state index contributed by atoms with van der Waals surface area (Å²) in [4.78, 5) is 23.1. The highest BCUT2D eigenvalue weighted by Crippen LogP contribution is 2.33. The van der Waals surface area contributed by atoms with Crippen LogP contribution in [0, 0.1) is 0 Å². The van der Waals surface area contributed by atoms with Gasteiger partial charge >= 0.3 is 0 Å². The molecule has 5 aromatic rings. The first-order valence-corrected chi connectivity index (χ1v) is 12.8. The highest BCUT2D eigenvalue weighted by atomic mass is 32.1. The molecule has 0 fully saturated rings. The molecular formula is C29H26N2O2S. The van der Waals surface area contributed by atoms with Crippen molar-refractivity contribution in [1.29, 1.82) is 0 Å². The van der Waals surface area contributed by atoms with Crippen LogP contribution in [-0.2, 0) is 19.4 Å². The molecule has 6 rings (SSSR count). The van der Waals surface area contributed by atoms with Crippen LogP contribution in [0.1, 0.15) is 41.7 Å². The Balaban J connectivity index is 1.25. The zero-order chi connectivity index (χ0) is 22.9. The van der Waals surface area contributed by atoms with Gasteiger partial charge in [0, 0.05) is 10.4 Å². The quantitative estimate of drug-likeness (QED) is 0.309. The average molecular weight is 467 g/mol. The topological polar surface area (TPSA) is 55.0 Å². The van der Waals surface area contributed by atoms with Gasteiger partial charge in [-0.3, -0.25) is 4.79 Å². The summed E-state index contributed by atoms with van der Waals surface area (Å²) < 4.78 is 6.07. The Hall–Kier alpha value is -3.44. The lowest BCUT2D eigenvalue weighted by molar-refractivity contribution is 0.308. The molecule has 1 aliphatic carbocycles. The molecule has 0 aliphatic heterocycles. The van der Waals surface area contributed by atoms with Crippen molar-refractivity contribution >= 4 is 32.3 Å². The number of aromatic nitrogens is 2. The van der Waals surface area contributed by atoms with E-state index < -0.39 is 0 Å². The number of fused-ring (bicyclic) bond motifs is 4. The third kappa shape index (κ3) is 4.01. The van der Waals surface area contributed by atoms with Crippen molar-refractivity contribution in [2.24, 2.45) is 0 Å². The van der Waals surface area contributed by atoms with Gasteiger partial charge in [-0.15, -0.1) is 11.3 Å². The van der Waals surface area contributed by atoms with Crippen LogP contribution >= 0.6 is 11.3 Å². The molecule has 1 N–H and O–H groups in total. The van der Waals surface area contributed by atoms with Crippen LogP contribution < -0.4 is 10.3 Å². The fraction of sp³-hybridized carbons (Fsp3) is 0.241. The van der Waals surface area contributed by atoms with Crippen molar-refractivity contribution in [2.45, 2.75) is 45.1 Å².